The number of alkyl carbamates (subject to hydrolysis) is 1. The molecule has 0 spiro atoms. The average molecular weight is 386 g/mol. The van der Waals surface area contributed by atoms with Gasteiger partial charge in [0.2, 0.25) is 0 Å². The van der Waals surface area contributed by atoms with E-state index in [1.807, 2.05) is 27.7 Å². The molecule has 0 saturated carbocycles. The number of amides is 1. The zero-order chi connectivity index (χ0) is 20.5. The van der Waals surface area contributed by atoms with Gasteiger partial charge in [-0.15, -0.1) is 0 Å². The Kier molecular flexibility index (Phi) is 15.7. The maximum Gasteiger partial charge on any atom is 0.407 e. The van der Waals surface area contributed by atoms with Crippen molar-refractivity contribution in [3.05, 3.63) is 0 Å². The highest BCUT2D eigenvalue weighted by atomic mass is 16.6. The van der Waals surface area contributed by atoms with Gasteiger partial charge in [0, 0.05) is 0 Å². The maximum atomic E-state index is 11.7. The largest absolute Gasteiger partial charge is 0.444 e. The third-order valence-corrected chi connectivity index (χ3v) is 4.93. The van der Waals surface area contributed by atoms with Crippen LogP contribution in [0.1, 0.15) is 125 Å². The molecule has 0 rings (SSSR count). The molecular weight excluding hydrogens is 338 g/mol. The van der Waals surface area contributed by atoms with Crippen molar-refractivity contribution in [2.45, 2.75) is 142 Å². The van der Waals surface area contributed by atoms with Gasteiger partial charge in [-0.2, -0.15) is 0 Å². The number of aliphatic hydroxyl groups is 1. The molecular formula is C23H47NO3. The van der Waals surface area contributed by atoms with Crippen molar-refractivity contribution in [2.24, 2.45) is 0 Å². The molecule has 4 heteroatoms. The third-order valence-electron chi connectivity index (χ3n) is 4.93. The van der Waals surface area contributed by atoms with Gasteiger partial charge in [-0.05, 0) is 34.1 Å². The minimum atomic E-state index is -0.510. The van der Waals surface area contributed by atoms with E-state index in [2.05, 4.69) is 12.2 Å². The minimum Gasteiger partial charge on any atom is -0.444 e. The van der Waals surface area contributed by atoms with E-state index in [0.29, 0.717) is 0 Å². The van der Waals surface area contributed by atoms with Crippen LogP contribution in [0.5, 0.6) is 0 Å². The Hall–Kier alpha value is -0.770. The Morgan fingerprint density at radius 3 is 1.67 bits per heavy atom. The molecule has 0 fully saturated rings. The molecule has 1 amide bonds. The van der Waals surface area contributed by atoms with Crippen LogP contribution in [0.3, 0.4) is 0 Å². The Morgan fingerprint density at radius 1 is 0.852 bits per heavy atom. The van der Waals surface area contributed by atoms with Gasteiger partial charge in [0.05, 0.1) is 12.1 Å². The molecule has 0 unspecified atom stereocenters. The predicted octanol–water partition coefficient (Wildman–Crippen LogP) is 6.74. The molecule has 0 aliphatic rings. The summed E-state index contributed by atoms with van der Waals surface area (Å²) in [7, 11) is 0. The summed E-state index contributed by atoms with van der Waals surface area (Å²) in [4.78, 5) is 11.7. The average Bonchev–Trinajstić information content (AvgIpc) is 2.57. The smallest absolute Gasteiger partial charge is 0.407 e. The lowest BCUT2D eigenvalue weighted by molar-refractivity contribution is 0.0426. The second kappa shape index (κ2) is 16.2. The zero-order valence-electron chi connectivity index (χ0n) is 18.8. The van der Waals surface area contributed by atoms with Crippen molar-refractivity contribution in [3.8, 4) is 0 Å². The number of ether oxygens (including phenoxy) is 1. The van der Waals surface area contributed by atoms with Crippen molar-refractivity contribution in [2.75, 3.05) is 0 Å². The van der Waals surface area contributed by atoms with Gasteiger partial charge in [0.25, 0.3) is 0 Å². The summed E-state index contributed by atoms with van der Waals surface area (Å²) >= 11 is 0. The number of nitrogens with one attached hydrogen (secondary N) is 1. The number of hydrogen-bond donors (Lipinski definition) is 2. The summed E-state index contributed by atoms with van der Waals surface area (Å²) < 4.78 is 5.22. The summed E-state index contributed by atoms with van der Waals surface area (Å²) in [6.07, 6.45) is 16.9. The first-order chi connectivity index (χ1) is 12.8. The normalized spacial score (nSPS) is 14.0. The highest BCUT2D eigenvalue weighted by Crippen LogP contribution is 2.14. The minimum absolute atomic E-state index is 0.280. The standard InChI is InChI=1S/C23H47NO3/c1-6-7-8-9-10-11-12-13-14-15-16-17-18-19-21(25)20(2)24-22(26)27-23(3,4)5/h20-21,25H,6-19H2,1-5H3,(H,24,26)/t20-,21+/m0/s1. The fourth-order valence-electron chi connectivity index (χ4n) is 3.21. The SMILES string of the molecule is CCCCCCCCCCCCCCC[C@@H](O)[C@H](C)NC(=O)OC(C)(C)C. The second-order valence-electron chi connectivity index (χ2n) is 9.03. The van der Waals surface area contributed by atoms with Gasteiger partial charge in [0.15, 0.2) is 0 Å². The van der Waals surface area contributed by atoms with Crippen molar-refractivity contribution in [1.82, 2.24) is 5.32 Å². The fraction of sp³-hybridized carbons (Fsp3) is 0.957. The molecule has 0 aromatic rings. The van der Waals surface area contributed by atoms with Crippen LogP contribution < -0.4 is 5.32 Å². The van der Waals surface area contributed by atoms with Crippen LogP contribution in [0.15, 0.2) is 0 Å². The predicted molar refractivity (Wildman–Crippen MR) is 115 cm³/mol. The van der Waals surface area contributed by atoms with E-state index in [9.17, 15) is 9.90 Å². The molecule has 0 aliphatic carbocycles. The molecule has 0 saturated heterocycles. The van der Waals surface area contributed by atoms with Crippen LogP contribution in [0.25, 0.3) is 0 Å². The molecule has 0 heterocycles. The molecule has 0 bridgehead atoms. The van der Waals surface area contributed by atoms with Crippen LogP contribution >= 0.6 is 0 Å². The van der Waals surface area contributed by atoms with E-state index in [1.165, 1.54) is 70.6 Å². The number of carbonyl (C=O) groups is 1. The first-order valence-electron chi connectivity index (χ1n) is 11.4. The van der Waals surface area contributed by atoms with Gasteiger partial charge >= 0.3 is 6.09 Å². The Bertz CT molecular complexity index is 352. The molecule has 2 atom stereocenters. The lowest BCUT2D eigenvalue weighted by Crippen LogP contribution is -2.43. The fourth-order valence-corrected chi connectivity index (χ4v) is 3.21. The lowest BCUT2D eigenvalue weighted by atomic mass is 10.0. The summed E-state index contributed by atoms with van der Waals surface area (Å²) in [5.74, 6) is 0. The van der Waals surface area contributed by atoms with E-state index in [1.54, 1.807) is 0 Å². The Morgan fingerprint density at radius 2 is 1.26 bits per heavy atom. The maximum absolute atomic E-state index is 11.7. The highest BCUT2D eigenvalue weighted by molar-refractivity contribution is 5.68. The van der Waals surface area contributed by atoms with E-state index >= 15 is 0 Å². The van der Waals surface area contributed by atoms with Crippen LogP contribution in [0, 0.1) is 0 Å². The molecule has 162 valence electrons. The summed E-state index contributed by atoms with van der Waals surface area (Å²) in [6, 6.07) is -0.280. The van der Waals surface area contributed by atoms with Gasteiger partial charge in [-0.25, -0.2) is 4.79 Å². The summed E-state index contributed by atoms with van der Waals surface area (Å²) in [5.41, 5.74) is -0.510. The molecule has 4 nitrogen and oxygen atoms in total. The van der Waals surface area contributed by atoms with E-state index in [4.69, 9.17) is 4.74 Å². The number of carbonyl (C=O) groups excluding carboxylic acids is 1. The van der Waals surface area contributed by atoms with E-state index in [-0.39, 0.29) is 6.04 Å². The van der Waals surface area contributed by atoms with E-state index in [0.717, 1.165) is 19.3 Å². The van der Waals surface area contributed by atoms with Gasteiger partial charge in [-0.1, -0.05) is 90.4 Å². The van der Waals surface area contributed by atoms with Crippen LogP contribution in [0.4, 0.5) is 4.79 Å². The van der Waals surface area contributed by atoms with Crippen molar-refractivity contribution < 1.29 is 14.6 Å². The lowest BCUT2D eigenvalue weighted by Gasteiger charge is -2.24. The van der Waals surface area contributed by atoms with Crippen LogP contribution in [-0.4, -0.2) is 28.9 Å². The van der Waals surface area contributed by atoms with Crippen LogP contribution in [0.2, 0.25) is 0 Å². The Labute approximate surface area is 168 Å². The monoisotopic (exact) mass is 385 g/mol. The molecule has 2 N–H and O–H groups in total. The third kappa shape index (κ3) is 18.4. The molecule has 0 radical (unpaired) electrons. The molecule has 27 heavy (non-hydrogen) atoms. The topological polar surface area (TPSA) is 58.6 Å². The number of rotatable bonds is 16. The zero-order valence-corrected chi connectivity index (χ0v) is 18.8. The number of unbranched alkanes of at least 4 members (excludes halogenated alkanes) is 12. The van der Waals surface area contributed by atoms with Crippen molar-refractivity contribution in [3.63, 3.8) is 0 Å². The molecule has 0 aromatic heterocycles. The van der Waals surface area contributed by atoms with Crippen molar-refractivity contribution >= 4 is 6.09 Å². The van der Waals surface area contributed by atoms with Gasteiger partial charge < -0.3 is 15.2 Å². The van der Waals surface area contributed by atoms with Gasteiger partial charge in [0.1, 0.15) is 5.60 Å². The molecule has 0 aromatic carbocycles. The van der Waals surface area contributed by atoms with E-state index < -0.39 is 17.8 Å². The number of aliphatic hydroxyl groups excluding tert-OH is 1. The molecule has 0 aliphatic heterocycles. The first kappa shape index (κ1) is 26.2. The second-order valence-corrected chi connectivity index (χ2v) is 9.03. The Balaban J connectivity index is 3.47. The number of hydrogen-bond acceptors (Lipinski definition) is 3. The van der Waals surface area contributed by atoms with Crippen molar-refractivity contribution in [1.29, 1.82) is 0 Å². The van der Waals surface area contributed by atoms with Crippen LogP contribution in [-0.2, 0) is 4.74 Å². The van der Waals surface area contributed by atoms with Gasteiger partial charge in [-0.3, -0.25) is 0 Å². The first-order valence-corrected chi connectivity index (χ1v) is 11.4. The quantitative estimate of drug-likeness (QED) is 0.289. The highest BCUT2D eigenvalue weighted by Gasteiger charge is 2.21. The summed E-state index contributed by atoms with van der Waals surface area (Å²) in [5, 5.41) is 12.9. The summed E-state index contributed by atoms with van der Waals surface area (Å²) in [6.45, 7) is 9.60.